The quantitative estimate of drug-likeness (QED) is 0.456. The molecule has 0 fully saturated rings. The topological polar surface area (TPSA) is 57.5 Å². The average molecular weight is 194 g/mol. The van der Waals surface area contributed by atoms with E-state index in [1.165, 1.54) is 12.1 Å². The zero-order valence-electron chi connectivity index (χ0n) is 5.48. The summed E-state index contributed by atoms with van der Waals surface area (Å²) in [5, 5.41) is 17.5. The van der Waals surface area contributed by atoms with Crippen LogP contribution in [0.3, 0.4) is 0 Å². The minimum absolute atomic E-state index is 0. The molecule has 60 valence electrons. The van der Waals surface area contributed by atoms with Gasteiger partial charge in [-0.3, -0.25) is 0 Å². The number of hydrogen-bond acceptors (Lipinski definition) is 3. The third kappa shape index (κ3) is 2.71. The van der Waals surface area contributed by atoms with Gasteiger partial charge in [0.1, 0.15) is 5.75 Å². The van der Waals surface area contributed by atoms with Gasteiger partial charge in [0.15, 0.2) is 0 Å². The normalized spacial score (nSPS) is 8.75. The van der Waals surface area contributed by atoms with E-state index in [4.69, 9.17) is 10.2 Å². The number of aromatic hydroxyl groups is 1. The van der Waals surface area contributed by atoms with Crippen molar-refractivity contribution in [1.29, 1.82) is 0 Å². The molecule has 0 unspecified atom stereocenters. The van der Waals surface area contributed by atoms with Gasteiger partial charge in [0.25, 0.3) is 0 Å². The number of benzene rings is 1. The van der Waals surface area contributed by atoms with E-state index in [1.807, 2.05) is 0 Å². The van der Waals surface area contributed by atoms with Crippen molar-refractivity contribution in [1.82, 2.24) is 0 Å². The third-order valence-corrected chi connectivity index (χ3v) is 1.60. The molecule has 0 saturated carbocycles. The molecule has 5 heteroatoms. The summed E-state index contributed by atoms with van der Waals surface area (Å²) in [6, 6.07) is 3.97. The predicted octanol–water partition coefficient (Wildman–Crippen LogP) is 0.731. The number of thiol groups is 1. The first-order valence-corrected chi connectivity index (χ1v) is 3.31. The van der Waals surface area contributed by atoms with Gasteiger partial charge in [-0.15, -0.1) is 12.6 Å². The Morgan fingerprint density at radius 2 is 2.00 bits per heavy atom. The number of phenolic OH excluding ortho intramolecular Hbond substituents is 1. The van der Waals surface area contributed by atoms with Crippen molar-refractivity contribution in [3.63, 3.8) is 0 Å². The number of rotatable bonds is 1. The Kier molecular flexibility index (Phi) is 4.70. The van der Waals surface area contributed by atoms with Crippen LogP contribution in [0.5, 0.6) is 5.75 Å². The summed E-state index contributed by atoms with van der Waals surface area (Å²) in [5.41, 5.74) is 0.0558. The molecule has 1 aromatic carbocycles. The van der Waals surface area contributed by atoms with E-state index in [2.05, 4.69) is 12.6 Å². The van der Waals surface area contributed by atoms with Crippen LogP contribution in [0.25, 0.3) is 0 Å². The summed E-state index contributed by atoms with van der Waals surface area (Å²) in [6.45, 7) is 0. The number of carbonyl (C=O) groups is 1. The van der Waals surface area contributed by atoms with Crippen LogP contribution in [0, 0.1) is 0 Å². The van der Waals surface area contributed by atoms with E-state index in [1.54, 1.807) is 0 Å². The van der Waals surface area contributed by atoms with Crippen LogP contribution in [0.4, 0.5) is 0 Å². The molecule has 2 N–H and O–H groups in total. The molecule has 1 rings (SSSR count). The van der Waals surface area contributed by atoms with Crippen LogP contribution in [-0.2, 0) is 0 Å². The molecular formula is C7H7NaO3S. The van der Waals surface area contributed by atoms with Crippen LogP contribution in [0.15, 0.2) is 23.1 Å². The summed E-state index contributed by atoms with van der Waals surface area (Å²) >= 11 is 3.87. The molecule has 0 amide bonds. The van der Waals surface area contributed by atoms with Gasteiger partial charge in [-0.05, 0) is 18.2 Å². The number of aromatic carboxylic acids is 1. The van der Waals surface area contributed by atoms with Gasteiger partial charge in [-0.1, -0.05) is 0 Å². The second kappa shape index (κ2) is 4.77. The average Bonchev–Trinajstić information content (AvgIpc) is 1.94. The Bertz CT molecular complexity index is 301. The maximum absolute atomic E-state index is 10.3. The molecule has 0 aliphatic carbocycles. The number of phenols is 1. The van der Waals surface area contributed by atoms with Gasteiger partial charge in [-0.25, -0.2) is 4.79 Å². The molecule has 0 saturated heterocycles. The fraction of sp³-hybridized carbons (Fsp3) is 0. The predicted molar refractivity (Wildman–Crippen MR) is 49.5 cm³/mol. The van der Waals surface area contributed by atoms with Crippen molar-refractivity contribution in [2.45, 2.75) is 4.90 Å². The first-order chi connectivity index (χ1) is 5.11. The third-order valence-electron chi connectivity index (χ3n) is 1.22. The van der Waals surface area contributed by atoms with Crippen molar-refractivity contribution in [2.75, 3.05) is 0 Å². The fourth-order valence-corrected chi connectivity index (χ4v) is 0.796. The fourth-order valence-electron chi connectivity index (χ4n) is 0.656. The number of carboxylic acid groups (broad SMARTS) is 1. The molecule has 1 aromatic rings. The Morgan fingerprint density at radius 3 is 2.42 bits per heavy atom. The van der Waals surface area contributed by atoms with Gasteiger partial charge in [-0.2, -0.15) is 0 Å². The SMILES string of the molecule is O=C(O)c1ccc(S)c(O)c1.[NaH]. The Morgan fingerprint density at radius 1 is 1.42 bits per heavy atom. The summed E-state index contributed by atoms with van der Waals surface area (Å²) in [4.78, 5) is 10.7. The van der Waals surface area contributed by atoms with E-state index in [0.717, 1.165) is 6.07 Å². The van der Waals surface area contributed by atoms with Gasteiger partial charge in [0.2, 0.25) is 0 Å². The van der Waals surface area contributed by atoms with Gasteiger partial charge in [0, 0.05) is 4.90 Å². The van der Waals surface area contributed by atoms with E-state index < -0.39 is 5.97 Å². The van der Waals surface area contributed by atoms with E-state index in [0.29, 0.717) is 4.90 Å². The standard InChI is InChI=1S/C7H6O3S.Na.H/c8-5-3-4(7(9)10)1-2-6(5)11;;/h1-3,8,11H,(H,9,10);;. The summed E-state index contributed by atoms with van der Waals surface area (Å²) < 4.78 is 0. The molecular weight excluding hydrogens is 187 g/mol. The molecule has 0 aliphatic rings. The number of hydrogen-bond donors (Lipinski definition) is 3. The second-order valence-electron chi connectivity index (χ2n) is 2.01. The molecule has 0 aromatic heterocycles. The summed E-state index contributed by atoms with van der Waals surface area (Å²) in [6.07, 6.45) is 0. The second-order valence-corrected chi connectivity index (χ2v) is 2.49. The van der Waals surface area contributed by atoms with Crippen molar-refractivity contribution in [3.05, 3.63) is 23.8 Å². The first kappa shape index (κ1) is 11.8. The minimum atomic E-state index is -1.06. The molecule has 0 radical (unpaired) electrons. The zero-order chi connectivity index (χ0) is 8.43. The van der Waals surface area contributed by atoms with E-state index in [9.17, 15) is 4.79 Å². The van der Waals surface area contributed by atoms with Gasteiger partial charge >= 0.3 is 35.5 Å². The maximum atomic E-state index is 10.3. The summed E-state index contributed by atoms with van der Waals surface area (Å²) in [7, 11) is 0. The molecule has 12 heavy (non-hydrogen) atoms. The van der Waals surface area contributed by atoms with Crippen LogP contribution >= 0.6 is 12.6 Å². The van der Waals surface area contributed by atoms with Crippen molar-refractivity contribution >= 4 is 48.2 Å². The monoisotopic (exact) mass is 194 g/mol. The first-order valence-electron chi connectivity index (χ1n) is 2.86. The Balaban J connectivity index is 0.00000121. The van der Waals surface area contributed by atoms with Crippen LogP contribution in [0.2, 0.25) is 0 Å². The van der Waals surface area contributed by atoms with Crippen LogP contribution < -0.4 is 0 Å². The van der Waals surface area contributed by atoms with Crippen LogP contribution in [0.1, 0.15) is 10.4 Å². The zero-order valence-corrected chi connectivity index (χ0v) is 6.38. The van der Waals surface area contributed by atoms with Gasteiger partial charge in [0.05, 0.1) is 5.56 Å². The van der Waals surface area contributed by atoms with Crippen molar-refractivity contribution in [3.8, 4) is 5.75 Å². The molecule has 3 nitrogen and oxygen atoms in total. The van der Waals surface area contributed by atoms with E-state index in [-0.39, 0.29) is 40.9 Å². The van der Waals surface area contributed by atoms with Gasteiger partial charge < -0.3 is 10.2 Å². The number of carboxylic acids is 1. The molecule has 0 spiro atoms. The summed E-state index contributed by atoms with van der Waals surface area (Å²) in [5.74, 6) is -1.18. The molecule has 0 atom stereocenters. The Hall–Kier alpha value is -0.160. The molecule has 0 bridgehead atoms. The molecule has 0 aliphatic heterocycles. The van der Waals surface area contributed by atoms with Crippen molar-refractivity contribution in [2.24, 2.45) is 0 Å². The Labute approximate surface area is 97.1 Å². The van der Waals surface area contributed by atoms with E-state index >= 15 is 0 Å². The molecule has 0 heterocycles. The van der Waals surface area contributed by atoms with Crippen LogP contribution in [-0.4, -0.2) is 45.7 Å². The van der Waals surface area contributed by atoms with Crippen molar-refractivity contribution < 1.29 is 15.0 Å².